The SMILES string of the molecule is CC1(CNC(=O)c2cc(Br)cc(S(=O)(=O)Cl)c2Cl)CC1. The molecule has 0 aromatic heterocycles. The summed E-state index contributed by atoms with van der Waals surface area (Å²) in [6, 6.07) is 2.74. The van der Waals surface area contributed by atoms with Crippen molar-refractivity contribution in [2.24, 2.45) is 5.41 Å². The van der Waals surface area contributed by atoms with Crippen LogP contribution in [0.2, 0.25) is 5.02 Å². The smallest absolute Gasteiger partial charge is 0.262 e. The van der Waals surface area contributed by atoms with Crippen LogP contribution in [0.5, 0.6) is 0 Å². The van der Waals surface area contributed by atoms with E-state index in [1.165, 1.54) is 12.1 Å². The van der Waals surface area contributed by atoms with E-state index < -0.39 is 15.0 Å². The van der Waals surface area contributed by atoms with Gasteiger partial charge in [0.2, 0.25) is 0 Å². The standard InChI is InChI=1S/C12H12BrCl2NO3S/c1-12(2-3-12)6-16-11(17)8-4-7(13)5-9(10(8)14)20(15,18)19/h4-5H,2-3,6H2,1H3,(H,16,17). The van der Waals surface area contributed by atoms with Crippen LogP contribution in [-0.2, 0) is 9.05 Å². The molecule has 1 amide bonds. The maximum absolute atomic E-state index is 12.1. The third kappa shape index (κ3) is 3.67. The van der Waals surface area contributed by atoms with E-state index in [9.17, 15) is 13.2 Å². The fourth-order valence-electron chi connectivity index (χ4n) is 1.69. The minimum absolute atomic E-state index is 0.0875. The molecule has 1 aromatic carbocycles. The van der Waals surface area contributed by atoms with Gasteiger partial charge in [0.1, 0.15) is 4.90 Å². The monoisotopic (exact) mass is 399 g/mol. The van der Waals surface area contributed by atoms with Crippen LogP contribution in [0.15, 0.2) is 21.5 Å². The van der Waals surface area contributed by atoms with E-state index in [1.807, 2.05) is 0 Å². The zero-order chi connectivity index (χ0) is 15.1. The summed E-state index contributed by atoms with van der Waals surface area (Å²) in [5.41, 5.74) is 0.236. The van der Waals surface area contributed by atoms with E-state index in [1.54, 1.807) is 0 Å². The summed E-state index contributed by atoms with van der Waals surface area (Å²) in [4.78, 5) is 11.8. The Morgan fingerprint density at radius 3 is 2.55 bits per heavy atom. The van der Waals surface area contributed by atoms with Crippen molar-refractivity contribution in [3.05, 3.63) is 27.2 Å². The molecule has 8 heteroatoms. The molecule has 1 saturated carbocycles. The van der Waals surface area contributed by atoms with Gasteiger partial charge >= 0.3 is 0 Å². The summed E-state index contributed by atoms with van der Waals surface area (Å²) in [6.45, 7) is 2.61. The molecule has 1 N–H and O–H groups in total. The fraction of sp³-hybridized carbons (Fsp3) is 0.417. The average Bonchev–Trinajstić information content (AvgIpc) is 3.06. The van der Waals surface area contributed by atoms with Gasteiger partial charge in [-0.3, -0.25) is 4.79 Å². The second-order valence-electron chi connectivity index (χ2n) is 5.20. The zero-order valence-electron chi connectivity index (χ0n) is 10.5. The van der Waals surface area contributed by atoms with Gasteiger partial charge < -0.3 is 5.32 Å². The Morgan fingerprint density at radius 1 is 1.45 bits per heavy atom. The summed E-state index contributed by atoms with van der Waals surface area (Å²) in [7, 11) is 1.29. The van der Waals surface area contributed by atoms with Crippen molar-refractivity contribution in [2.75, 3.05) is 6.54 Å². The highest BCUT2D eigenvalue weighted by Crippen LogP contribution is 2.44. The first-order chi connectivity index (χ1) is 9.12. The van der Waals surface area contributed by atoms with Gasteiger partial charge in [0, 0.05) is 21.7 Å². The number of amides is 1. The fourth-order valence-corrected chi connectivity index (χ4v) is 3.87. The Hall–Kier alpha value is -0.300. The van der Waals surface area contributed by atoms with Gasteiger partial charge in [-0.15, -0.1) is 0 Å². The summed E-state index contributed by atoms with van der Waals surface area (Å²) in [5, 5.41) is 2.60. The molecule has 0 atom stereocenters. The highest BCUT2D eigenvalue weighted by atomic mass is 79.9. The Bertz CT molecular complexity index is 672. The maximum atomic E-state index is 12.1. The number of rotatable bonds is 4. The lowest BCUT2D eigenvalue weighted by Crippen LogP contribution is -2.29. The summed E-state index contributed by atoms with van der Waals surface area (Å²) in [5.74, 6) is -0.411. The van der Waals surface area contributed by atoms with Crippen LogP contribution in [0.3, 0.4) is 0 Å². The normalized spacial score (nSPS) is 16.8. The lowest BCUT2D eigenvalue weighted by molar-refractivity contribution is 0.0946. The second-order valence-corrected chi connectivity index (χ2v) is 9.02. The summed E-state index contributed by atoms with van der Waals surface area (Å²) >= 11 is 9.13. The molecular formula is C12H12BrCl2NO3S. The third-order valence-electron chi connectivity index (χ3n) is 3.29. The Morgan fingerprint density at radius 2 is 2.05 bits per heavy atom. The molecule has 0 radical (unpaired) electrons. The molecule has 0 bridgehead atoms. The van der Waals surface area contributed by atoms with Crippen LogP contribution < -0.4 is 5.32 Å². The zero-order valence-corrected chi connectivity index (χ0v) is 14.5. The molecule has 0 aliphatic heterocycles. The van der Waals surface area contributed by atoms with Gasteiger partial charge in [-0.05, 0) is 30.4 Å². The van der Waals surface area contributed by atoms with Crippen LogP contribution in [-0.4, -0.2) is 20.9 Å². The molecule has 110 valence electrons. The Labute approximate surface area is 135 Å². The molecule has 1 aromatic rings. The number of carbonyl (C=O) groups is 1. The van der Waals surface area contributed by atoms with Crippen LogP contribution in [0, 0.1) is 5.41 Å². The first-order valence-electron chi connectivity index (χ1n) is 5.84. The molecular weight excluding hydrogens is 389 g/mol. The maximum Gasteiger partial charge on any atom is 0.262 e. The molecule has 0 saturated heterocycles. The van der Waals surface area contributed by atoms with Crippen molar-refractivity contribution in [1.82, 2.24) is 5.32 Å². The molecule has 0 unspecified atom stereocenters. The summed E-state index contributed by atoms with van der Waals surface area (Å²) < 4.78 is 23.3. The molecule has 2 rings (SSSR count). The predicted octanol–water partition coefficient (Wildman–Crippen LogP) is 3.56. The average molecular weight is 401 g/mol. The van der Waals surface area contributed by atoms with Crippen molar-refractivity contribution >= 4 is 53.2 Å². The number of hydrogen-bond donors (Lipinski definition) is 1. The first-order valence-corrected chi connectivity index (χ1v) is 9.32. The van der Waals surface area contributed by atoms with Gasteiger partial charge in [0.05, 0.1) is 10.6 Å². The number of halogens is 3. The number of nitrogens with one attached hydrogen (secondary N) is 1. The lowest BCUT2D eigenvalue weighted by Gasteiger charge is -2.12. The van der Waals surface area contributed by atoms with E-state index in [0.29, 0.717) is 11.0 Å². The third-order valence-corrected chi connectivity index (χ3v) is 5.61. The van der Waals surface area contributed by atoms with Crippen molar-refractivity contribution in [3.63, 3.8) is 0 Å². The van der Waals surface area contributed by atoms with Crippen LogP contribution in [0.4, 0.5) is 0 Å². The minimum Gasteiger partial charge on any atom is -0.351 e. The van der Waals surface area contributed by atoms with Crippen molar-refractivity contribution in [2.45, 2.75) is 24.7 Å². The van der Waals surface area contributed by atoms with Crippen LogP contribution >= 0.6 is 38.2 Å². The molecule has 1 aliphatic rings. The summed E-state index contributed by atoms with van der Waals surface area (Å²) in [6.07, 6.45) is 2.14. The number of carbonyl (C=O) groups excluding carboxylic acids is 1. The largest absolute Gasteiger partial charge is 0.351 e. The van der Waals surface area contributed by atoms with Gasteiger partial charge in [-0.25, -0.2) is 8.42 Å². The van der Waals surface area contributed by atoms with Crippen LogP contribution in [0.25, 0.3) is 0 Å². The lowest BCUT2D eigenvalue weighted by atomic mass is 10.1. The molecule has 20 heavy (non-hydrogen) atoms. The van der Waals surface area contributed by atoms with Gasteiger partial charge in [-0.2, -0.15) is 0 Å². The van der Waals surface area contributed by atoms with E-state index in [4.69, 9.17) is 22.3 Å². The van der Waals surface area contributed by atoms with E-state index in [2.05, 4.69) is 28.2 Å². The van der Waals surface area contributed by atoms with E-state index >= 15 is 0 Å². The quantitative estimate of drug-likeness (QED) is 0.786. The van der Waals surface area contributed by atoms with Gasteiger partial charge in [0.25, 0.3) is 15.0 Å². The number of hydrogen-bond acceptors (Lipinski definition) is 3. The van der Waals surface area contributed by atoms with Gasteiger partial charge in [0.15, 0.2) is 0 Å². The molecule has 1 aliphatic carbocycles. The Balaban J connectivity index is 2.31. The molecule has 0 heterocycles. The first kappa shape index (κ1) is 16.1. The van der Waals surface area contributed by atoms with Crippen molar-refractivity contribution in [1.29, 1.82) is 0 Å². The minimum atomic E-state index is -4.01. The molecule has 4 nitrogen and oxygen atoms in total. The Kier molecular flexibility index (Phi) is 4.40. The van der Waals surface area contributed by atoms with E-state index in [0.717, 1.165) is 12.8 Å². The van der Waals surface area contributed by atoms with E-state index in [-0.39, 0.29) is 20.9 Å². The highest BCUT2D eigenvalue weighted by Gasteiger charge is 2.37. The highest BCUT2D eigenvalue weighted by molar-refractivity contribution is 9.10. The second kappa shape index (κ2) is 5.48. The van der Waals surface area contributed by atoms with Crippen LogP contribution in [0.1, 0.15) is 30.1 Å². The van der Waals surface area contributed by atoms with Crippen molar-refractivity contribution in [3.8, 4) is 0 Å². The van der Waals surface area contributed by atoms with Gasteiger partial charge in [-0.1, -0.05) is 34.5 Å². The molecule has 0 spiro atoms. The van der Waals surface area contributed by atoms with Crippen molar-refractivity contribution < 1.29 is 13.2 Å². The topological polar surface area (TPSA) is 63.2 Å². The predicted molar refractivity (Wildman–Crippen MR) is 81.9 cm³/mol. The number of benzene rings is 1. The molecule has 1 fully saturated rings.